The summed E-state index contributed by atoms with van der Waals surface area (Å²) in [6, 6.07) is 7.44. The average molecular weight is 385 g/mol. The summed E-state index contributed by atoms with van der Waals surface area (Å²) in [5, 5.41) is 0. The van der Waals surface area contributed by atoms with Gasteiger partial charge in [0.2, 0.25) is 0 Å². The lowest BCUT2D eigenvalue weighted by Crippen LogP contribution is -2.10. The number of ether oxygens (including phenoxy) is 2. The summed E-state index contributed by atoms with van der Waals surface area (Å²) in [5.41, 5.74) is 1.38. The van der Waals surface area contributed by atoms with Gasteiger partial charge >= 0.3 is 5.97 Å². The lowest BCUT2D eigenvalue weighted by Gasteiger charge is -2.15. The number of nitrogens with zero attached hydrogens (tertiary/aromatic N) is 2. The third kappa shape index (κ3) is 6.95. The standard InChI is InChI=1S/C23H32N2O3/c1-4-6-7-8-9-14-22(26)28-20-13-11-10-12-19(20)23-21(15-24-17-25-23)27-16-18(3)5-2/h10-13,15,17-18H,4-9,14,16H2,1-3H3. The summed E-state index contributed by atoms with van der Waals surface area (Å²) >= 11 is 0. The van der Waals surface area contributed by atoms with Crippen molar-refractivity contribution in [3.63, 3.8) is 0 Å². The summed E-state index contributed by atoms with van der Waals surface area (Å²) in [7, 11) is 0. The molecule has 1 aromatic carbocycles. The molecule has 0 aliphatic carbocycles. The largest absolute Gasteiger partial charge is 0.489 e. The zero-order chi connectivity index (χ0) is 20.2. The summed E-state index contributed by atoms with van der Waals surface area (Å²) < 4.78 is 11.6. The molecule has 0 saturated heterocycles. The Balaban J connectivity index is 2.08. The minimum Gasteiger partial charge on any atom is -0.489 e. The van der Waals surface area contributed by atoms with Crippen LogP contribution < -0.4 is 9.47 Å². The number of benzene rings is 1. The molecule has 1 atom stereocenters. The van der Waals surface area contributed by atoms with Gasteiger partial charge in [-0.1, -0.05) is 65.0 Å². The van der Waals surface area contributed by atoms with E-state index in [1.165, 1.54) is 19.2 Å². The van der Waals surface area contributed by atoms with Crippen molar-refractivity contribution in [1.29, 1.82) is 0 Å². The van der Waals surface area contributed by atoms with Crippen molar-refractivity contribution in [2.45, 2.75) is 65.7 Å². The number of para-hydroxylation sites is 1. The molecule has 0 aliphatic heterocycles. The van der Waals surface area contributed by atoms with E-state index in [1.807, 2.05) is 18.2 Å². The molecule has 0 radical (unpaired) electrons. The molecule has 0 N–H and O–H groups in total. The average Bonchev–Trinajstić information content (AvgIpc) is 2.72. The second-order valence-electron chi connectivity index (χ2n) is 7.19. The first-order valence-electron chi connectivity index (χ1n) is 10.4. The zero-order valence-electron chi connectivity index (χ0n) is 17.3. The van der Waals surface area contributed by atoms with Crippen LogP contribution in [0, 0.1) is 5.92 Å². The number of carbonyl (C=O) groups is 1. The highest BCUT2D eigenvalue weighted by molar-refractivity contribution is 5.78. The molecule has 0 amide bonds. The van der Waals surface area contributed by atoms with Gasteiger partial charge < -0.3 is 9.47 Å². The number of unbranched alkanes of at least 4 members (excludes halogenated alkanes) is 4. The molecule has 5 nitrogen and oxygen atoms in total. The van der Waals surface area contributed by atoms with Crippen LogP contribution in [0.5, 0.6) is 11.5 Å². The highest BCUT2D eigenvalue weighted by Crippen LogP contribution is 2.34. The molecule has 1 aromatic heterocycles. The molecule has 1 heterocycles. The van der Waals surface area contributed by atoms with Crippen LogP contribution in [0.1, 0.15) is 65.7 Å². The molecular weight excluding hydrogens is 352 g/mol. The lowest BCUT2D eigenvalue weighted by molar-refractivity contribution is -0.134. The Morgan fingerprint density at radius 1 is 1.07 bits per heavy atom. The van der Waals surface area contributed by atoms with Crippen LogP contribution in [0.25, 0.3) is 11.3 Å². The van der Waals surface area contributed by atoms with E-state index in [1.54, 1.807) is 12.3 Å². The Labute approximate surface area is 168 Å². The van der Waals surface area contributed by atoms with Gasteiger partial charge in [0.1, 0.15) is 17.8 Å². The smallest absolute Gasteiger partial charge is 0.311 e. The normalized spacial score (nSPS) is 11.8. The fourth-order valence-corrected chi connectivity index (χ4v) is 2.77. The minimum absolute atomic E-state index is 0.208. The molecule has 0 bridgehead atoms. The molecule has 1 unspecified atom stereocenters. The van der Waals surface area contributed by atoms with E-state index < -0.39 is 0 Å². The fourth-order valence-electron chi connectivity index (χ4n) is 2.77. The van der Waals surface area contributed by atoms with Crippen LogP contribution in [0.15, 0.2) is 36.8 Å². The van der Waals surface area contributed by atoms with Crippen molar-refractivity contribution in [3.05, 3.63) is 36.8 Å². The van der Waals surface area contributed by atoms with Crippen molar-refractivity contribution in [2.24, 2.45) is 5.92 Å². The molecule has 0 spiro atoms. The molecule has 2 aromatic rings. The maximum Gasteiger partial charge on any atom is 0.311 e. The van der Waals surface area contributed by atoms with E-state index in [-0.39, 0.29) is 5.97 Å². The van der Waals surface area contributed by atoms with E-state index in [9.17, 15) is 4.79 Å². The van der Waals surface area contributed by atoms with E-state index in [4.69, 9.17) is 9.47 Å². The van der Waals surface area contributed by atoms with Crippen molar-refractivity contribution < 1.29 is 14.3 Å². The van der Waals surface area contributed by atoms with E-state index in [0.29, 0.717) is 36.1 Å². The molecule has 28 heavy (non-hydrogen) atoms. The Morgan fingerprint density at radius 3 is 2.64 bits per heavy atom. The quantitative estimate of drug-likeness (QED) is 0.261. The molecule has 5 heteroatoms. The number of rotatable bonds is 12. The van der Waals surface area contributed by atoms with Crippen LogP contribution in [0.4, 0.5) is 0 Å². The Morgan fingerprint density at radius 2 is 1.86 bits per heavy atom. The van der Waals surface area contributed by atoms with Gasteiger partial charge in [-0.15, -0.1) is 0 Å². The number of esters is 1. The Hall–Kier alpha value is -2.43. The van der Waals surface area contributed by atoms with Gasteiger partial charge in [-0.3, -0.25) is 4.79 Å². The summed E-state index contributed by atoms with van der Waals surface area (Å²) in [6.07, 6.45) is 10.1. The van der Waals surface area contributed by atoms with Crippen molar-refractivity contribution in [2.75, 3.05) is 6.61 Å². The maximum atomic E-state index is 12.3. The second kappa shape index (κ2) is 12.1. The predicted octanol–water partition coefficient (Wildman–Crippen LogP) is 5.83. The highest BCUT2D eigenvalue weighted by Gasteiger charge is 2.16. The molecule has 0 saturated carbocycles. The maximum absolute atomic E-state index is 12.3. The predicted molar refractivity (Wildman–Crippen MR) is 111 cm³/mol. The first kappa shape index (κ1) is 21.9. The van der Waals surface area contributed by atoms with Gasteiger partial charge in [0.15, 0.2) is 5.75 Å². The van der Waals surface area contributed by atoms with Gasteiger partial charge in [0.05, 0.1) is 12.8 Å². The van der Waals surface area contributed by atoms with Crippen LogP contribution in [0.3, 0.4) is 0 Å². The van der Waals surface area contributed by atoms with Crippen molar-refractivity contribution in [3.8, 4) is 22.8 Å². The number of aromatic nitrogens is 2. The Bertz CT molecular complexity index is 733. The van der Waals surface area contributed by atoms with Gasteiger partial charge in [-0.25, -0.2) is 9.97 Å². The highest BCUT2D eigenvalue weighted by atomic mass is 16.5. The summed E-state index contributed by atoms with van der Waals surface area (Å²) in [5.74, 6) is 1.34. The van der Waals surface area contributed by atoms with Crippen LogP contribution in [-0.4, -0.2) is 22.5 Å². The first-order chi connectivity index (χ1) is 13.7. The van der Waals surface area contributed by atoms with Gasteiger partial charge in [0, 0.05) is 12.0 Å². The molecule has 152 valence electrons. The second-order valence-corrected chi connectivity index (χ2v) is 7.19. The zero-order valence-corrected chi connectivity index (χ0v) is 17.3. The van der Waals surface area contributed by atoms with Crippen LogP contribution >= 0.6 is 0 Å². The molecule has 0 fully saturated rings. The van der Waals surface area contributed by atoms with E-state index >= 15 is 0 Å². The summed E-state index contributed by atoms with van der Waals surface area (Å²) in [4.78, 5) is 20.8. The van der Waals surface area contributed by atoms with E-state index in [2.05, 4.69) is 30.7 Å². The topological polar surface area (TPSA) is 61.3 Å². The van der Waals surface area contributed by atoms with E-state index in [0.717, 1.165) is 31.2 Å². The lowest BCUT2D eigenvalue weighted by atomic mass is 10.1. The van der Waals surface area contributed by atoms with Crippen molar-refractivity contribution in [1.82, 2.24) is 9.97 Å². The number of hydrogen-bond acceptors (Lipinski definition) is 5. The van der Waals surface area contributed by atoms with Gasteiger partial charge in [-0.2, -0.15) is 0 Å². The SMILES string of the molecule is CCCCCCCC(=O)Oc1ccccc1-c1ncncc1OCC(C)CC. The summed E-state index contributed by atoms with van der Waals surface area (Å²) in [6.45, 7) is 7.04. The number of hydrogen-bond donors (Lipinski definition) is 0. The molecule has 2 rings (SSSR count). The van der Waals surface area contributed by atoms with Crippen LogP contribution in [-0.2, 0) is 4.79 Å². The number of carbonyl (C=O) groups excluding carboxylic acids is 1. The van der Waals surface area contributed by atoms with Crippen LogP contribution in [0.2, 0.25) is 0 Å². The van der Waals surface area contributed by atoms with Gasteiger partial charge in [0.25, 0.3) is 0 Å². The van der Waals surface area contributed by atoms with Gasteiger partial charge in [-0.05, 0) is 24.5 Å². The monoisotopic (exact) mass is 384 g/mol. The Kier molecular flexibility index (Phi) is 9.46. The third-order valence-electron chi connectivity index (χ3n) is 4.75. The minimum atomic E-state index is -0.208. The molecular formula is C23H32N2O3. The molecule has 0 aliphatic rings. The van der Waals surface area contributed by atoms with Crippen molar-refractivity contribution >= 4 is 5.97 Å². The third-order valence-corrected chi connectivity index (χ3v) is 4.75. The first-order valence-corrected chi connectivity index (χ1v) is 10.4. The fraction of sp³-hybridized carbons (Fsp3) is 0.522.